The maximum absolute atomic E-state index is 6.22. The zero-order valence-electron chi connectivity index (χ0n) is 12.5. The van der Waals surface area contributed by atoms with Crippen LogP contribution in [0.1, 0.15) is 23.7 Å². The first kappa shape index (κ1) is 15.9. The molecule has 3 rings (SSSR count). The van der Waals surface area contributed by atoms with Crippen LogP contribution >= 0.6 is 23.5 Å². The Morgan fingerprint density at radius 2 is 1.86 bits per heavy atom. The van der Waals surface area contributed by atoms with Gasteiger partial charge in [0, 0.05) is 23.9 Å². The summed E-state index contributed by atoms with van der Waals surface area (Å²) < 4.78 is 8.58. The van der Waals surface area contributed by atoms with Crippen molar-refractivity contribution in [3.05, 3.63) is 65.7 Å². The molecule has 0 aliphatic carbocycles. The average molecular weight is 334 g/mol. The molecular formula is C18H20ClNOS. The van der Waals surface area contributed by atoms with Crippen LogP contribution in [0.4, 0.5) is 0 Å². The lowest BCUT2D eigenvalue weighted by atomic mass is 10.1. The molecule has 4 heteroatoms. The molecule has 22 heavy (non-hydrogen) atoms. The second kappa shape index (κ2) is 8.02. The fourth-order valence-corrected chi connectivity index (χ4v) is 3.85. The zero-order chi connectivity index (χ0) is 15.2. The lowest BCUT2D eigenvalue weighted by molar-refractivity contribution is 0.0249. The van der Waals surface area contributed by atoms with E-state index in [1.807, 2.05) is 18.0 Å². The fraction of sp³-hybridized carbons (Fsp3) is 0.333. The highest BCUT2D eigenvalue weighted by atomic mass is 35.5. The van der Waals surface area contributed by atoms with E-state index in [1.165, 1.54) is 16.0 Å². The molecule has 1 atom stereocenters. The van der Waals surface area contributed by atoms with Gasteiger partial charge in [0.1, 0.15) is 0 Å². The third-order valence-electron chi connectivity index (χ3n) is 3.70. The van der Waals surface area contributed by atoms with E-state index in [1.54, 1.807) is 0 Å². The lowest BCUT2D eigenvalue weighted by Gasteiger charge is -2.33. The van der Waals surface area contributed by atoms with Crippen molar-refractivity contribution in [1.29, 1.82) is 0 Å². The van der Waals surface area contributed by atoms with Gasteiger partial charge in [0.2, 0.25) is 0 Å². The van der Waals surface area contributed by atoms with Crippen LogP contribution < -0.4 is 0 Å². The highest BCUT2D eigenvalue weighted by Crippen LogP contribution is 2.38. The minimum atomic E-state index is 0.119. The van der Waals surface area contributed by atoms with E-state index in [-0.39, 0.29) is 6.10 Å². The van der Waals surface area contributed by atoms with Gasteiger partial charge in [-0.05, 0) is 35.6 Å². The minimum Gasteiger partial charge on any atom is -0.367 e. The molecule has 0 bridgehead atoms. The third kappa shape index (κ3) is 4.05. The maximum atomic E-state index is 6.22. The van der Waals surface area contributed by atoms with E-state index in [4.69, 9.17) is 16.3 Å². The van der Waals surface area contributed by atoms with Gasteiger partial charge in [-0.2, -0.15) is 0 Å². The monoisotopic (exact) mass is 333 g/mol. The minimum absolute atomic E-state index is 0.119. The number of nitrogens with zero attached hydrogens (tertiary/aromatic N) is 1. The van der Waals surface area contributed by atoms with E-state index >= 15 is 0 Å². The van der Waals surface area contributed by atoms with Crippen molar-refractivity contribution in [2.75, 3.05) is 19.0 Å². The Labute approximate surface area is 141 Å². The smallest absolute Gasteiger partial charge is 0.0977 e. The van der Waals surface area contributed by atoms with Gasteiger partial charge in [0.25, 0.3) is 0 Å². The van der Waals surface area contributed by atoms with Gasteiger partial charge >= 0.3 is 0 Å². The largest absolute Gasteiger partial charge is 0.367 e. The zero-order valence-corrected chi connectivity index (χ0v) is 14.0. The first-order valence-electron chi connectivity index (χ1n) is 7.60. The summed E-state index contributed by atoms with van der Waals surface area (Å²) in [6.07, 6.45) is 1.12. The summed E-state index contributed by atoms with van der Waals surface area (Å²) in [6, 6.07) is 18.9. The summed E-state index contributed by atoms with van der Waals surface area (Å²) in [5.41, 5.74) is 2.51. The Balaban J connectivity index is 1.70. The van der Waals surface area contributed by atoms with Crippen molar-refractivity contribution in [3.63, 3.8) is 0 Å². The maximum Gasteiger partial charge on any atom is 0.0977 e. The van der Waals surface area contributed by atoms with E-state index in [9.17, 15) is 0 Å². The number of alkyl halides is 1. The molecule has 0 N–H and O–H groups in total. The van der Waals surface area contributed by atoms with E-state index in [0.29, 0.717) is 12.5 Å². The van der Waals surface area contributed by atoms with E-state index in [2.05, 4.69) is 52.8 Å². The summed E-state index contributed by atoms with van der Waals surface area (Å²) in [7, 11) is 0. The summed E-state index contributed by atoms with van der Waals surface area (Å²) in [6.45, 7) is 2.55. The first-order valence-corrected chi connectivity index (χ1v) is 8.91. The number of benzene rings is 2. The van der Waals surface area contributed by atoms with E-state index < -0.39 is 0 Å². The molecule has 1 aliphatic rings. The number of hydrogen-bond donors (Lipinski definition) is 0. The van der Waals surface area contributed by atoms with Gasteiger partial charge < -0.3 is 4.74 Å². The Morgan fingerprint density at radius 1 is 1.09 bits per heavy atom. The average Bonchev–Trinajstić information content (AvgIpc) is 2.58. The Hall–Kier alpha value is -1.00. The SMILES string of the molecule is ClCCCN1CC(OCc2ccccc2)c2ccccc2S1. The topological polar surface area (TPSA) is 12.5 Å². The van der Waals surface area contributed by atoms with Crippen LogP contribution in [0.5, 0.6) is 0 Å². The standard InChI is InChI=1S/C18H20ClNOS/c19-11-6-12-20-13-17(16-9-4-5-10-18(16)22-20)21-14-15-7-2-1-3-8-15/h1-5,7-10,17H,6,11-14H2. The molecule has 0 spiro atoms. The van der Waals surface area contributed by atoms with E-state index in [0.717, 1.165) is 19.5 Å². The third-order valence-corrected chi connectivity index (χ3v) is 5.12. The molecule has 1 unspecified atom stereocenters. The molecule has 0 saturated heterocycles. The van der Waals surface area contributed by atoms with Crippen molar-refractivity contribution < 1.29 is 4.74 Å². The highest BCUT2D eigenvalue weighted by molar-refractivity contribution is 7.97. The molecular weight excluding hydrogens is 314 g/mol. The van der Waals surface area contributed by atoms with Crippen molar-refractivity contribution >= 4 is 23.5 Å². The predicted molar refractivity (Wildman–Crippen MR) is 93.2 cm³/mol. The van der Waals surface area contributed by atoms with Crippen molar-refractivity contribution in [3.8, 4) is 0 Å². The molecule has 0 radical (unpaired) electrons. The van der Waals surface area contributed by atoms with Crippen LogP contribution in [0.3, 0.4) is 0 Å². The number of halogens is 1. The molecule has 2 aromatic rings. The summed E-state index contributed by atoms with van der Waals surface area (Å²) in [4.78, 5) is 1.29. The lowest BCUT2D eigenvalue weighted by Crippen LogP contribution is -2.29. The molecule has 0 saturated carbocycles. The van der Waals surface area contributed by atoms with Gasteiger partial charge in [-0.25, -0.2) is 4.31 Å². The number of fused-ring (bicyclic) bond motifs is 1. The number of hydrogen-bond acceptors (Lipinski definition) is 3. The molecule has 2 aromatic carbocycles. The number of rotatable bonds is 6. The van der Waals surface area contributed by atoms with Crippen LogP contribution in [-0.4, -0.2) is 23.3 Å². The van der Waals surface area contributed by atoms with Gasteiger partial charge in [0.15, 0.2) is 0 Å². The Bertz CT molecular complexity index is 593. The quantitative estimate of drug-likeness (QED) is 0.551. The second-order valence-electron chi connectivity index (χ2n) is 5.34. The molecule has 1 heterocycles. The van der Waals surface area contributed by atoms with Gasteiger partial charge in [0.05, 0.1) is 12.7 Å². The molecule has 2 nitrogen and oxygen atoms in total. The van der Waals surface area contributed by atoms with Crippen LogP contribution in [0, 0.1) is 0 Å². The normalized spacial score (nSPS) is 18.1. The van der Waals surface area contributed by atoms with Gasteiger partial charge in [-0.15, -0.1) is 11.6 Å². The molecule has 0 amide bonds. The predicted octanol–water partition coefficient (Wildman–Crippen LogP) is 4.90. The number of ether oxygens (including phenoxy) is 1. The first-order chi connectivity index (χ1) is 10.9. The Morgan fingerprint density at radius 3 is 2.68 bits per heavy atom. The van der Waals surface area contributed by atoms with Gasteiger partial charge in [-0.3, -0.25) is 0 Å². The van der Waals surface area contributed by atoms with Crippen molar-refractivity contribution in [1.82, 2.24) is 4.31 Å². The van der Waals surface area contributed by atoms with Crippen LogP contribution in [-0.2, 0) is 11.3 Å². The molecule has 0 aromatic heterocycles. The molecule has 0 fully saturated rings. The van der Waals surface area contributed by atoms with Crippen molar-refractivity contribution in [2.45, 2.75) is 24.0 Å². The fourth-order valence-electron chi connectivity index (χ4n) is 2.58. The molecule has 1 aliphatic heterocycles. The van der Waals surface area contributed by atoms with Crippen LogP contribution in [0.25, 0.3) is 0 Å². The molecule has 116 valence electrons. The summed E-state index contributed by atoms with van der Waals surface area (Å²) >= 11 is 7.65. The van der Waals surface area contributed by atoms with Crippen molar-refractivity contribution in [2.24, 2.45) is 0 Å². The summed E-state index contributed by atoms with van der Waals surface area (Å²) in [5.74, 6) is 0.703. The second-order valence-corrected chi connectivity index (χ2v) is 6.86. The van der Waals surface area contributed by atoms with Crippen LogP contribution in [0.2, 0.25) is 0 Å². The summed E-state index contributed by atoms with van der Waals surface area (Å²) in [5, 5.41) is 0. The highest BCUT2D eigenvalue weighted by Gasteiger charge is 2.26. The van der Waals surface area contributed by atoms with Gasteiger partial charge in [-0.1, -0.05) is 48.5 Å². The Kier molecular flexibility index (Phi) is 5.79. The van der Waals surface area contributed by atoms with Crippen LogP contribution in [0.15, 0.2) is 59.5 Å².